The maximum absolute atomic E-state index is 12.0. The molecule has 0 heterocycles. The summed E-state index contributed by atoms with van der Waals surface area (Å²) in [5.74, 6) is 0.00820. The van der Waals surface area contributed by atoms with Gasteiger partial charge in [-0.2, -0.15) is 0 Å². The van der Waals surface area contributed by atoms with Gasteiger partial charge in [-0.3, -0.25) is 4.79 Å². The molecule has 1 aromatic carbocycles. The highest BCUT2D eigenvalue weighted by Crippen LogP contribution is 2.06. The number of likely N-dealkylation sites (N-methyl/N-ethyl adjacent to an activating group) is 1. The average molecular weight is 250 g/mol. The zero-order chi connectivity index (χ0) is 13.4. The Balaban J connectivity index is 2.68. The van der Waals surface area contributed by atoms with Crippen molar-refractivity contribution in [1.82, 2.24) is 10.2 Å². The maximum atomic E-state index is 12.0. The molecule has 2 N–H and O–H groups in total. The van der Waals surface area contributed by atoms with Crippen molar-refractivity contribution in [3.8, 4) is 0 Å². The fourth-order valence-electron chi connectivity index (χ4n) is 1.70. The lowest BCUT2D eigenvalue weighted by Crippen LogP contribution is -2.41. The van der Waals surface area contributed by atoms with E-state index < -0.39 is 6.10 Å². The van der Waals surface area contributed by atoms with E-state index >= 15 is 0 Å². The Morgan fingerprint density at radius 2 is 2.06 bits per heavy atom. The summed E-state index contributed by atoms with van der Waals surface area (Å²) in [5.41, 5.74) is 1.07. The van der Waals surface area contributed by atoms with Crippen LogP contribution in [0.3, 0.4) is 0 Å². The van der Waals surface area contributed by atoms with Gasteiger partial charge in [0, 0.05) is 13.1 Å². The molecule has 1 unspecified atom stereocenters. The molecular formula is C14H22N2O2. The fraction of sp³-hybridized carbons (Fsp3) is 0.500. The molecular weight excluding hydrogens is 228 g/mol. The Labute approximate surface area is 109 Å². The number of aliphatic hydroxyl groups excluding tert-OH is 1. The quantitative estimate of drug-likeness (QED) is 0.759. The normalized spacial score (nSPS) is 12.2. The molecule has 18 heavy (non-hydrogen) atoms. The summed E-state index contributed by atoms with van der Waals surface area (Å²) < 4.78 is 0. The molecule has 1 atom stereocenters. The summed E-state index contributed by atoms with van der Waals surface area (Å²) in [5, 5.41) is 12.6. The van der Waals surface area contributed by atoms with Crippen molar-refractivity contribution in [1.29, 1.82) is 0 Å². The molecule has 0 aliphatic carbocycles. The Kier molecular flexibility index (Phi) is 6.39. The lowest BCUT2D eigenvalue weighted by atomic mass is 10.2. The van der Waals surface area contributed by atoms with Gasteiger partial charge in [-0.25, -0.2) is 0 Å². The molecule has 4 nitrogen and oxygen atoms in total. The van der Waals surface area contributed by atoms with Crippen molar-refractivity contribution in [2.45, 2.75) is 26.0 Å². The first-order valence-electron chi connectivity index (χ1n) is 6.31. The van der Waals surface area contributed by atoms with Crippen LogP contribution >= 0.6 is 0 Å². The van der Waals surface area contributed by atoms with Crippen molar-refractivity contribution in [2.75, 3.05) is 20.1 Å². The molecule has 4 heteroatoms. The van der Waals surface area contributed by atoms with Crippen LogP contribution in [0.15, 0.2) is 30.3 Å². The zero-order valence-corrected chi connectivity index (χ0v) is 11.1. The molecule has 0 saturated carbocycles. The maximum Gasteiger partial charge on any atom is 0.236 e. The van der Waals surface area contributed by atoms with Crippen LogP contribution < -0.4 is 5.32 Å². The molecule has 0 saturated heterocycles. The van der Waals surface area contributed by atoms with Crippen LogP contribution in [0.2, 0.25) is 0 Å². The van der Waals surface area contributed by atoms with Crippen LogP contribution in [0.25, 0.3) is 0 Å². The van der Waals surface area contributed by atoms with E-state index in [1.54, 1.807) is 11.9 Å². The molecule has 0 radical (unpaired) electrons. The van der Waals surface area contributed by atoms with Crippen LogP contribution in [0, 0.1) is 0 Å². The minimum Gasteiger partial charge on any atom is -0.391 e. The number of hydrogen-bond acceptors (Lipinski definition) is 3. The Hall–Kier alpha value is -1.39. The first kappa shape index (κ1) is 14.7. The van der Waals surface area contributed by atoms with Gasteiger partial charge in [0.25, 0.3) is 0 Å². The van der Waals surface area contributed by atoms with Gasteiger partial charge in [-0.15, -0.1) is 0 Å². The van der Waals surface area contributed by atoms with Gasteiger partial charge < -0.3 is 15.3 Å². The largest absolute Gasteiger partial charge is 0.391 e. The van der Waals surface area contributed by atoms with E-state index in [9.17, 15) is 9.90 Å². The zero-order valence-electron chi connectivity index (χ0n) is 11.1. The summed E-state index contributed by atoms with van der Waals surface area (Å²) in [6, 6.07) is 9.82. The smallest absolute Gasteiger partial charge is 0.236 e. The van der Waals surface area contributed by atoms with Crippen molar-refractivity contribution in [3.63, 3.8) is 0 Å². The number of hydrogen-bond donors (Lipinski definition) is 2. The van der Waals surface area contributed by atoms with E-state index in [1.165, 1.54) is 0 Å². The van der Waals surface area contributed by atoms with Gasteiger partial charge in [0.1, 0.15) is 0 Å². The molecule has 0 bridgehead atoms. The molecule has 0 aliphatic heterocycles. The van der Waals surface area contributed by atoms with Crippen LogP contribution in [-0.4, -0.2) is 42.2 Å². The van der Waals surface area contributed by atoms with Gasteiger partial charge in [0.2, 0.25) is 5.91 Å². The second-order valence-electron chi connectivity index (χ2n) is 4.35. The summed E-state index contributed by atoms with van der Waals surface area (Å²) >= 11 is 0. The van der Waals surface area contributed by atoms with Crippen molar-refractivity contribution < 1.29 is 9.90 Å². The highest BCUT2D eigenvalue weighted by Gasteiger charge is 2.16. The number of aliphatic hydroxyl groups is 1. The fourth-order valence-corrected chi connectivity index (χ4v) is 1.70. The third-order valence-electron chi connectivity index (χ3n) is 2.80. The molecule has 1 rings (SSSR count). The van der Waals surface area contributed by atoms with Gasteiger partial charge >= 0.3 is 0 Å². The Morgan fingerprint density at radius 1 is 1.39 bits per heavy atom. The average Bonchev–Trinajstić information content (AvgIpc) is 2.39. The van der Waals surface area contributed by atoms with Gasteiger partial charge in [-0.05, 0) is 19.0 Å². The topological polar surface area (TPSA) is 52.6 Å². The molecule has 0 spiro atoms. The minimum absolute atomic E-state index is 0.00820. The molecule has 0 aliphatic rings. The summed E-state index contributed by atoms with van der Waals surface area (Å²) in [4.78, 5) is 13.6. The van der Waals surface area contributed by atoms with Crippen molar-refractivity contribution in [3.05, 3.63) is 35.9 Å². The lowest BCUT2D eigenvalue weighted by molar-refractivity contribution is -0.132. The van der Waals surface area contributed by atoms with E-state index in [4.69, 9.17) is 0 Å². The third-order valence-corrected chi connectivity index (χ3v) is 2.80. The Morgan fingerprint density at radius 3 is 2.61 bits per heavy atom. The van der Waals surface area contributed by atoms with Gasteiger partial charge in [-0.1, -0.05) is 37.3 Å². The predicted molar refractivity (Wildman–Crippen MR) is 72.1 cm³/mol. The van der Waals surface area contributed by atoms with E-state index in [0.717, 1.165) is 5.56 Å². The molecule has 0 aromatic heterocycles. The molecule has 100 valence electrons. The number of rotatable bonds is 7. The van der Waals surface area contributed by atoms with E-state index in [-0.39, 0.29) is 5.91 Å². The lowest BCUT2D eigenvalue weighted by Gasteiger charge is -2.25. The first-order valence-corrected chi connectivity index (χ1v) is 6.31. The van der Waals surface area contributed by atoms with E-state index in [1.807, 2.05) is 37.3 Å². The number of carbonyl (C=O) groups excluding carboxylic acids is 1. The Bertz CT molecular complexity index is 354. The minimum atomic E-state index is -0.463. The highest BCUT2D eigenvalue weighted by atomic mass is 16.3. The third kappa shape index (κ3) is 4.85. The molecule has 1 amide bonds. The van der Waals surface area contributed by atoms with Crippen LogP contribution in [0.5, 0.6) is 0 Å². The monoisotopic (exact) mass is 250 g/mol. The second-order valence-corrected chi connectivity index (χ2v) is 4.35. The van der Waals surface area contributed by atoms with Crippen LogP contribution in [-0.2, 0) is 11.3 Å². The second kappa shape index (κ2) is 7.84. The summed E-state index contributed by atoms with van der Waals surface area (Å²) in [6.45, 7) is 3.13. The SMILES string of the molecule is CCC(O)CN(Cc1ccccc1)C(=O)CNC. The van der Waals surface area contributed by atoms with Gasteiger partial charge in [0.05, 0.1) is 12.6 Å². The van der Waals surface area contributed by atoms with Crippen LogP contribution in [0.4, 0.5) is 0 Å². The van der Waals surface area contributed by atoms with E-state index in [2.05, 4.69) is 5.32 Å². The van der Waals surface area contributed by atoms with Crippen molar-refractivity contribution in [2.24, 2.45) is 0 Å². The number of amides is 1. The number of carbonyl (C=O) groups is 1. The standard InChI is InChI=1S/C14H22N2O2/c1-3-13(17)11-16(14(18)9-15-2)10-12-7-5-4-6-8-12/h4-8,13,15,17H,3,9-11H2,1-2H3. The molecule has 1 aromatic rings. The van der Waals surface area contributed by atoms with Gasteiger partial charge in [0.15, 0.2) is 0 Å². The predicted octanol–water partition coefficient (Wildman–Crippen LogP) is 1.01. The molecule has 0 fully saturated rings. The van der Waals surface area contributed by atoms with Crippen LogP contribution in [0.1, 0.15) is 18.9 Å². The number of nitrogens with zero attached hydrogens (tertiary/aromatic N) is 1. The highest BCUT2D eigenvalue weighted by molar-refractivity contribution is 5.78. The van der Waals surface area contributed by atoms with Crippen molar-refractivity contribution >= 4 is 5.91 Å². The first-order chi connectivity index (χ1) is 8.67. The summed E-state index contributed by atoms with van der Waals surface area (Å²) in [6.07, 6.45) is 0.188. The van der Waals surface area contributed by atoms with E-state index in [0.29, 0.717) is 26.1 Å². The summed E-state index contributed by atoms with van der Waals surface area (Å²) in [7, 11) is 1.74. The number of benzene rings is 1. The number of nitrogens with one attached hydrogen (secondary N) is 1.